The Labute approximate surface area is 205 Å². The molecule has 2 aromatic carbocycles. The van der Waals surface area contributed by atoms with E-state index < -0.39 is 29.4 Å². The zero-order valence-corrected chi connectivity index (χ0v) is 20.3. The minimum absolute atomic E-state index is 0.0353. The molecule has 4 rings (SSSR count). The summed E-state index contributed by atoms with van der Waals surface area (Å²) in [5.41, 5.74) is -0.274. The fourth-order valence-electron chi connectivity index (χ4n) is 5.26. The van der Waals surface area contributed by atoms with Crippen molar-refractivity contribution in [3.63, 3.8) is 0 Å². The van der Waals surface area contributed by atoms with Crippen LogP contribution in [0, 0.1) is 35.1 Å². The zero-order valence-electron chi connectivity index (χ0n) is 20.3. The standard InChI is InChI=1S/C29H34F4O2/c1-3-5-19-6-10-21(34-17-19)11-8-20-9-12-22(27(31)26(20)30)23-13-14-24(29(33)28(23)32)25-15-7-18(4-2)16-35-25/h4,9,12-14,18-19,21,25H,2-3,5-8,10-11,15-17H2,1H3. The molecule has 2 aliphatic heterocycles. The molecular weight excluding hydrogens is 456 g/mol. The summed E-state index contributed by atoms with van der Waals surface area (Å²) in [6, 6.07) is 5.50. The predicted octanol–water partition coefficient (Wildman–Crippen LogP) is 8.09. The summed E-state index contributed by atoms with van der Waals surface area (Å²) in [4.78, 5) is 0. The molecular formula is C29H34F4O2. The highest BCUT2D eigenvalue weighted by Crippen LogP contribution is 2.37. The Hall–Kier alpha value is -2.18. The second-order valence-corrected chi connectivity index (χ2v) is 9.85. The van der Waals surface area contributed by atoms with E-state index in [9.17, 15) is 17.6 Å². The lowest BCUT2D eigenvalue weighted by Gasteiger charge is -2.29. The molecule has 35 heavy (non-hydrogen) atoms. The fourth-order valence-corrected chi connectivity index (χ4v) is 5.26. The van der Waals surface area contributed by atoms with Gasteiger partial charge in [0, 0.05) is 29.2 Å². The Morgan fingerprint density at radius 3 is 2.20 bits per heavy atom. The van der Waals surface area contributed by atoms with Crippen molar-refractivity contribution in [3.8, 4) is 11.1 Å². The number of ether oxygens (including phenoxy) is 2. The third-order valence-corrected chi connectivity index (χ3v) is 7.45. The maximum Gasteiger partial charge on any atom is 0.167 e. The van der Waals surface area contributed by atoms with E-state index in [0.29, 0.717) is 31.8 Å². The van der Waals surface area contributed by atoms with Crippen molar-refractivity contribution in [3.05, 3.63) is 71.3 Å². The first-order valence-electron chi connectivity index (χ1n) is 12.7. The highest BCUT2D eigenvalue weighted by molar-refractivity contribution is 5.66. The molecule has 0 aliphatic carbocycles. The van der Waals surface area contributed by atoms with E-state index in [4.69, 9.17) is 9.47 Å². The summed E-state index contributed by atoms with van der Waals surface area (Å²) < 4.78 is 71.3. The van der Waals surface area contributed by atoms with Gasteiger partial charge < -0.3 is 9.47 Å². The summed E-state index contributed by atoms with van der Waals surface area (Å²) in [6.07, 6.45) is 7.78. The molecule has 0 saturated carbocycles. The smallest absolute Gasteiger partial charge is 0.167 e. The van der Waals surface area contributed by atoms with Crippen LogP contribution in [0.25, 0.3) is 11.1 Å². The molecule has 2 aliphatic rings. The lowest BCUT2D eigenvalue weighted by Crippen LogP contribution is -2.26. The molecule has 4 atom stereocenters. The number of hydrogen-bond donors (Lipinski definition) is 0. The summed E-state index contributed by atoms with van der Waals surface area (Å²) in [5, 5.41) is 0. The second-order valence-electron chi connectivity index (χ2n) is 9.85. The molecule has 2 saturated heterocycles. The van der Waals surface area contributed by atoms with Crippen LogP contribution >= 0.6 is 0 Å². The van der Waals surface area contributed by atoms with Crippen LogP contribution in [0.1, 0.15) is 69.1 Å². The second kappa shape index (κ2) is 11.7. The maximum atomic E-state index is 15.0. The minimum Gasteiger partial charge on any atom is -0.378 e. The van der Waals surface area contributed by atoms with Crippen molar-refractivity contribution < 1.29 is 27.0 Å². The monoisotopic (exact) mass is 490 g/mol. The van der Waals surface area contributed by atoms with Gasteiger partial charge in [-0.05, 0) is 56.4 Å². The largest absolute Gasteiger partial charge is 0.378 e. The minimum atomic E-state index is -1.19. The molecule has 2 heterocycles. The van der Waals surface area contributed by atoms with Crippen LogP contribution < -0.4 is 0 Å². The Bertz CT molecular complexity index is 1020. The van der Waals surface area contributed by atoms with Gasteiger partial charge in [0.25, 0.3) is 0 Å². The predicted molar refractivity (Wildman–Crippen MR) is 129 cm³/mol. The lowest BCUT2D eigenvalue weighted by molar-refractivity contribution is -0.0216. The molecule has 0 aromatic heterocycles. The van der Waals surface area contributed by atoms with E-state index in [2.05, 4.69) is 13.5 Å². The summed E-state index contributed by atoms with van der Waals surface area (Å²) in [5.74, 6) is -3.68. The van der Waals surface area contributed by atoms with Gasteiger partial charge in [-0.15, -0.1) is 6.58 Å². The van der Waals surface area contributed by atoms with Crippen molar-refractivity contribution >= 4 is 0 Å². The highest BCUT2D eigenvalue weighted by atomic mass is 19.2. The Morgan fingerprint density at radius 2 is 1.57 bits per heavy atom. The molecule has 190 valence electrons. The molecule has 0 N–H and O–H groups in total. The normalized spacial score (nSPS) is 24.9. The van der Waals surface area contributed by atoms with Crippen LogP contribution in [-0.4, -0.2) is 19.3 Å². The van der Waals surface area contributed by atoms with Crippen molar-refractivity contribution in [2.24, 2.45) is 11.8 Å². The van der Waals surface area contributed by atoms with Gasteiger partial charge in [-0.1, -0.05) is 43.7 Å². The third-order valence-electron chi connectivity index (χ3n) is 7.45. The van der Waals surface area contributed by atoms with Crippen molar-refractivity contribution in [1.82, 2.24) is 0 Å². The quantitative estimate of drug-likeness (QED) is 0.275. The molecule has 0 amide bonds. The van der Waals surface area contributed by atoms with Crippen LogP contribution in [0.2, 0.25) is 0 Å². The van der Waals surface area contributed by atoms with Crippen LogP contribution in [0.3, 0.4) is 0 Å². The highest BCUT2D eigenvalue weighted by Gasteiger charge is 2.28. The molecule has 6 heteroatoms. The van der Waals surface area contributed by atoms with Crippen molar-refractivity contribution in [2.75, 3.05) is 13.2 Å². The van der Waals surface area contributed by atoms with Gasteiger partial charge >= 0.3 is 0 Å². The molecule has 2 fully saturated rings. The van der Waals surface area contributed by atoms with Crippen molar-refractivity contribution in [1.29, 1.82) is 0 Å². The fraction of sp³-hybridized carbons (Fsp3) is 0.517. The van der Waals surface area contributed by atoms with E-state index in [-0.39, 0.29) is 34.3 Å². The zero-order chi connectivity index (χ0) is 24.9. The lowest BCUT2D eigenvalue weighted by atomic mass is 9.91. The third kappa shape index (κ3) is 5.80. The maximum absolute atomic E-state index is 15.0. The molecule has 0 radical (unpaired) electrons. The number of benzene rings is 2. The van der Waals surface area contributed by atoms with Gasteiger partial charge in [-0.2, -0.15) is 0 Å². The molecule has 0 bridgehead atoms. The first kappa shape index (κ1) is 25.9. The first-order valence-corrected chi connectivity index (χ1v) is 12.7. The molecule has 2 nitrogen and oxygen atoms in total. The topological polar surface area (TPSA) is 18.5 Å². The number of aryl methyl sites for hydroxylation is 1. The number of hydrogen-bond acceptors (Lipinski definition) is 2. The molecule has 0 spiro atoms. The SMILES string of the molecule is C=CC1CCC(c2ccc(-c3ccc(CCC4CCC(CCC)CO4)c(F)c3F)c(F)c2F)OC1. The van der Waals surface area contributed by atoms with E-state index in [1.54, 1.807) is 6.08 Å². The van der Waals surface area contributed by atoms with Gasteiger partial charge in [0.2, 0.25) is 0 Å². The molecule has 2 aromatic rings. The van der Waals surface area contributed by atoms with E-state index in [0.717, 1.165) is 38.7 Å². The van der Waals surface area contributed by atoms with E-state index in [1.807, 2.05) is 0 Å². The van der Waals surface area contributed by atoms with Crippen LogP contribution in [-0.2, 0) is 15.9 Å². The first-order chi connectivity index (χ1) is 16.9. The van der Waals surface area contributed by atoms with E-state index in [1.165, 1.54) is 24.3 Å². The van der Waals surface area contributed by atoms with Crippen LogP contribution in [0.5, 0.6) is 0 Å². The van der Waals surface area contributed by atoms with Crippen LogP contribution in [0.4, 0.5) is 17.6 Å². The Balaban J connectivity index is 1.45. The average molecular weight is 491 g/mol. The summed E-state index contributed by atoms with van der Waals surface area (Å²) in [6.45, 7) is 7.01. The average Bonchev–Trinajstić information content (AvgIpc) is 2.88. The molecule has 4 unspecified atom stereocenters. The summed E-state index contributed by atoms with van der Waals surface area (Å²) >= 11 is 0. The van der Waals surface area contributed by atoms with Gasteiger partial charge in [-0.25, -0.2) is 17.6 Å². The van der Waals surface area contributed by atoms with Gasteiger partial charge in [0.1, 0.15) is 0 Å². The number of rotatable bonds is 8. The van der Waals surface area contributed by atoms with Crippen molar-refractivity contribution in [2.45, 2.75) is 70.5 Å². The Kier molecular flexibility index (Phi) is 8.66. The number of halogens is 4. The Morgan fingerprint density at radius 1 is 0.829 bits per heavy atom. The van der Waals surface area contributed by atoms with Crippen LogP contribution in [0.15, 0.2) is 36.9 Å². The van der Waals surface area contributed by atoms with Gasteiger partial charge in [0.15, 0.2) is 23.3 Å². The van der Waals surface area contributed by atoms with E-state index >= 15 is 0 Å². The van der Waals surface area contributed by atoms with Gasteiger partial charge in [0.05, 0.1) is 18.8 Å². The van der Waals surface area contributed by atoms with Gasteiger partial charge in [-0.3, -0.25) is 0 Å². The summed E-state index contributed by atoms with van der Waals surface area (Å²) in [7, 11) is 0.